The molecule has 51 valence electrons. The van der Waals surface area contributed by atoms with Gasteiger partial charge in [0, 0.05) is 18.1 Å². The highest BCUT2D eigenvalue weighted by Crippen LogP contribution is 2.24. The van der Waals surface area contributed by atoms with Crippen molar-refractivity contribution in [1.29, 1.82) is 0 Å². The minimum absolute atomic E-state index is 1.17. The first kappa shape index (κ1) is 6.23. The van der Waals surface area contributed by atoms with E-state index in [-0.39, 0.29) is 0 Å². The predicted molar refractivity (Wildman–Crippen MR) is 43.8 cm³/mol. The number of fused-ring (bicyclic) bond motifs is 1. The third-order valence-electron chi connectivity index (χ3n) is 1.64. The van der Waals surface area contributed by atoms with Crippen LogP contribution in [0.1, 0.15) is 11.1 Å². The second kappa shape index (κ2) is 2.62. The van der Waals surface area contributed by atoms with Crippen LogP contribution in [0.2, 0.25) is 0 Å². The summed E-state index contributed by atoms with van der Waals surface area (Å²) in [5.74, 6) is 3.42. The first-order valence-corrected chi connectivity index (χ1v) is 4.39. The highest BCUT2D eigenvalue weighted by atomic mass is 32.2. The zero-order valence-corrected chi connectivity index (χ0v) is 6.40. The van der Waals surface area contributed by atoms with Gasteiger partial charge in [-0.2, -0.15) is 11.8 Å². The first-order valence-electron chi connectivity index (χ1n) is 3.34. The molecule has 1 radical (unpaired) electrons. The molecule has 0 saturated heterocycles. The molecule has 0 fully saturated rings. The molecule has 0 amide bonds. The fourth-order valence-electron chi connectivity index (χ4n) is 1.08. The standard InChI is InChI=1S/C8H8NS/c1-3-9-5-7-2-4-10-6-8(1)7/h1,3,5-6H,2,4H2. The molecule has 0 spiro atoms. The Morgan fingerprint density at radius 1 is 1.50 bits per heavy atom. The van der Waals surface area contributed by atoms with Crippen LogP contribution in [0.5, 0.6) is 0 Å². The Morgan fingerprint density at radius 3 is 3.40 bits per heavy atom. The number of aromatic nitrogens is 1. The van der Waals surface area contributed by atoms with E-state index in [1.165, 1.54) is 23.3 Å². The number of hydrogen-bond acceptors (Lipinski definition) is 2. The van der Waals surface area contributed by atoms with Crippen molar-refractivity contribution in [2.75, 3.05) is 5.75 Å². The zero-order valence-electron chi connectivity index (χ0n) is 5.58. The molecule has 1 aliphatic rings. The van der Waals surface area contributed by atoms with E-state index in [1.54, 1.807) is 0 Å². The third kappa shape index (κ3) is 1.03. The van der Waals surface area contributed by atoms with Crippen LogP contribution < -0.4 is 0 Å². The average Bonchev–Trinajstić information content (AvgIpc) is 2.05. The summed E-state index contributed by atoms with van der Waals surface area (Å²) >= 11 is 1.88. The minimum Gasteiger partial charge on any atom is -0.264 e. The summed E-state index contributed by atoms with van der Waals surface area (Å²) in [4.78, 5) is 4.07. The fourth-order valence-corrected chi connectivity index (χ4v) is 1.94. The van der Waals surface area contributed by atoms with Crippen LogP contribution in [0.3, 0.4) is 0 Å². The van der Waals surface area contributed by atoms with Gasteiger partial charge in [-0.3, -0.25) is 4.98 Å². The summed E-state index contributed by atoms with van der Waals surface area (Å²) in [7, 11) is 0. The lowest BCUT2D eigenvalue weighted by Crippen LogP contribution is -2.00. The number of thioether (sulfide) groups is 1. The lowest BCUT2D eigenvalue weighted by Gasteiger charge is -2.12. The molecule has 1 aliphatic heterocycles. The summed E-state index contributed by atoms with van der Waals surface area (Å²) in [6.07, 6.45) is 4.98. The summed E-state index contributed by atoms with van der Waals surface area (Å²) in [5.41, 5.74) is 2.74. The number of pyridine rings is 1. The molecule has 0 atom stereocenters. The van der Waals surface area contributed by atoms with Crippen molar-refractivity contribution in [3.63, 3.8) is 0 Å². The number of aryl methyl sites for hydroxylation is 1. The molecule has 1 nitrogen and oxygen atoms in total. The van der Waals surface area contributed by atoms with Crippen LogP contribution in [0, 0.1) is 5.75 Å². The Kier molecular flexibility index (Phi) is 1.63. The molecular formula is C8H8NS. The summed E-state index contributed by atoms with van der Waals surface area (Å²) in [6.45, 7) is 0. The third-order valence-corrected chi connectivity index (χ3v) is 2.50. The molecule has 0 aromatic carbocycles. The molecule has 1 aromatic rings. The van der Waals surface area contributed by atoms with E-state index < -0.39 is 0 Å². The normalized spacial score (nSPS) is 16.4. The van der Waals surface area contributed by atoms with Gasteiger partial charge >= 0.3 is 0 Å². The molecule has 2 heteroatoms. The van der Waals surface area contributed by atoms with E-state index in [9.17, 15) is 0 Å². The van der Waals surface area contributed by atoms with Gasteiger partial charge in [-0.25, -0.2) is 0 Å². The van der Waals surface area contributed by atoms with Gasteiger partial charge in [-0.05, 0) is 29.4 Å². The molecule has 0 saturated carbocycles. The van der Waals surface area contributed by atoms with Crippen molar-refractivity contribution in [2.45, 2.75) is 6.42 Å². The maximum atomic E-state index is 4.07. The summed E-state index contributed by atoms with van der Waals surface area (Å²) in [6, 6.07) is 2.07. The monoisotopic (exact) mass is 150 g/mol. The average molecular weight is 150 g/mol. The lowest BCUT2D eigenvalue weighted by molar-refractivity contribution is 1.09. The molecular weight excluding hydrogens is 142 g/mol. The van der Waals surface area contributed by atoms with Gasteiger partial charge < -0.3 is 0 Å². The van der Waals surface area contributed by atoms with Crippen molar-refractivity contribution in [2.24, 2.45) is 0 Å². The lowest BCUT2D eigenvalue weighted by atomic mass is 10.1. The SMILES string of the molecule is [CH]1SCCc2cnccc21. The maximum absolute atomic E-state index is 4.07. The van der Waals surface area contributed by atoms with Gasteiger partial charge in [-0.1, -0.05) is 0 Å². The van der Waals surface area contributed by atoms with Gasteiger partial charge in [0.25, 0.3) is 0 Å². The van der Waals surface area contributed by atoms with Gasteiger partial charge in [-0.15, -0.1) is 0 Å². The Morgan fingerprint density at radius 2 is 2.50 bits per heavy atom. The van der Waals surface area contributed by atoms with Crippen LogP contribution >= 0.6 is 11.8 Å². The Balaban J connectivity index is 2.41. The Hall–Kier alpha value is -0.500. The highest BCUT2D eigenvalue weighted by Gasteiger charge is 2.07. The molecule has 0 aliphatic carbocycles. The Bertz CT molecular complexity index is 209. The van der Waals surface area contributed by atoms with E-state index in [1.807, 2.05) is 24.2 Å². The van der Waals surface area contributed by atoms with E-state index >= 15 is 0 Å². The van der Waals surface area contributed by atoms with Gasteiger partial charge in [0.05, 0.1) is 0 Å². The zero-order chi connectivity index (χ0) is 6.81. The second-order valence-electron chi connectivity index (χ2n) is 2.31. The van der Waals surface area contributed by atoms with Crippen molar-refractivity contribution >= 4 is 11.8 Å². The molecule has 0 unspecified atom stereocenters. The summed E-state index contributed by atoms with van der Waals surface area (Å²) in [5, 5.41) is 0. The predicted octanol–water partition coefficient (Wildman–Crippen LogP) is 1.88. The van der Waals surface area contributed by atoms with E-state index in [0.717, 1.165) is 0 Å². The van der Waals surface area contributed by atoms with Gasteiger partial charge in [0.2, 0.25) is 0 Å². The smallest absolute Gasteiger partial charge is 0.0460 e. The quantitative estimate of drug-likeness (QED) is 0.560. The van der Waals surface area contributed by atoms with Gasteiger partial charge in [0.1, 0.15) is 0 Å². The van der Waals surface area contributed by atoms with Crippen LogP contribution in [-0.2, 0) is 6.42 Å². The minimum atomic E-state index is 1.17. The van der Waals surface area contributed by atoms with Gasteiger partial charge in [0.15, 0.2) is 0 Å². The largest absolute Gasteiger partial charge is 0.264 e. The van der Waals surface area contributed by atoms with E-state index in [4.69, 9.17) is 0 Å². The molecule has 1 aromatic heterocycles. The number of rotatable bonds is 0. The summed E-state index contributed by atoms with van der Waals surface area (Å²) < 4.78 is 0. The van der Waals surface area contributed by atoms with Crippen LogP contribution in [0.15, 0.2) is 18.5 Å². The van der Waals surface area contributed by atoms with Crippen molar-refractivity contribution < 1.29 is 0 Å². The van der Waals surface area contributed by atoms with E-state index in [0.29, 0.717) is 0 Å². The second-order valence-corrected chi connectivity index (χ2v) is 3.29. The molecule has 10 heavy (non-hydrogen) atoms. The first-order chi connectivity index (χ1) is 4.97. The molecule has 2 rings (SSSR count). The van der Waals surface area contributed by atoms with Crippen molar-refractivity contribution in [3.8, 4) is 0 Å². The highest BCUT2D eigenvalue weighted by molar-refractivity contribution is 8.01. The maximum Gasteiger partial charge on any atom is 0.0460 e. The number of nitrogens with zero attached hydrogens (tertiary/aromatic N) is 1. The van der Waals surface area contributed by atoms with Crippen LogP contribution in [0.25, 0.3) is 0 Å². The molecule has 0 bridgehead atoms. The van der Waals surface area contributed by atoms with Crippen molar-refractivity contribution in [3.05, 3.63) is 35.3 Å². The van der Waals surface area contributed by atoms with Crippen LogP contribution in [0.4, 0.5) is 0 Å². The Labute approximate surface area is 64.9 Å². The van der Waals surface area contributed by atoms with Crippen molar-refractivity contribution in [1.82, 2.24) is 4.98 Å². The van der Waals surface area contributed by atoms with Crippen LogP contribution in [-0.4, -0.2) is 10.7 Å². The molecule has 0 N–H and O–H groups in total. The topological polar surface area (TPSA) is 12.9 Å². The van der Waals surface area contributed by atoms with E-state index in [2.05, 4.69) is 16.8 Å². The molecule has 2 heterocycles. The number of hydrogen-bond donors (Lipinski definition) is 0. The fraction of sp³-hybridized carbons (Fsp3) is 0.250.